The molecule has 0 spiro atoms. The van der Waals surface area contributed by atoms with Crippen LogP contribution in [0, 0.1) is 11.8 Å². The highest BCUT2D eigenvalue weighted by Crippen LogP contribution is 2.70. The number of carbonyl (C=O) groups excluding carboxylic acids is 3. The zero-order chi connectivity index (χ0) is 23.1. The summed E-state index contributed by atoms with van der Waals surface area (Å²) in [6, 6.07) is 22.3. The van der Waals surface area contributed by atoms with Crippen LogP contribution >= 0.6 is 31.9 Å². The van der Waals surface area contributed by atoms with E-state index in [9.17, 15) is 14.4 Å². The third-order valence-corrected chi connectivity index (χ3v) is 9.81. The summed E-state index contributed by atoms with van der Waals surface area (Å²) in [4.78, 5) is 41.3. The molecule has 1 aliphatic heterocycles. The molecule has 1 fully saturated rings. The highest BCUT2D eigenvalue weighted by Gasteiger charge is 2.72. The number of alkyl halides is 2. The number of carbonyl (C=O) groups is 3. The number of hydrogen-bond donors (Lipinski definition) is 0. The van der Waals surface area contributed by atoms with Gasteiger partial charge in [-0.1, -0.05) is 86.5 Å². The van der Waals surface area contributed by atoms with Gasteiger partial charge in [0.2, 0.25) is 11.8 Å². The Labute approximate surface area is 207 Å². The molecule has 4 aliphatic rings. The van der Waals surface area contributed by atoms with Gasteiger partial charge in [0.05, 0.1) is 38.8 Å². The van der Waals surface area contributed by atoms with Crippen LogP contribution in [0.15, 0.2) is 72.8 Å². The number of esters is 1. The normalized spacial score (nSPS) is 28.9. The Kier molecular flexibility index (Phi) is 4.33. The van der Waals surface area contributed by atoms with Crippen molar-refractivity contribution >= 4 is 55.3 Å². The number of anilines is 1. The summed E-state index contributed by atoms with van der Waals surface area (Å²) in [7, 11) is 1.30. The molecule has 0 aromatic heterocycles. The average molecular weight is 567 g/mol. The molecule has 2 amide bonds. The van der Waals surface area contributed by atoms with Crippen LogP contribution in [-0.2, 0) is 23.0 Å². The molecule has 0 unspecified atom stereocenters. The fraction of sp³-hybridized carbons (Fsp3) is 0.192. The summed E-state index contributed by atoms with van der Waals surface area (Å²) in [5.41, 5.74) is 4.56. The molecule has 7 heteroatoms. The Morgan fingerprint density at radius 2 is 1.24 bits per heavy atom. The minimum absolute atomic E-state index is 0.280. The molecule has 7 rings (SSSR count). The van der Waals surface area contributed by atoms with E-state index in [1.807, 2.05) is 48.5 Å². The number of halogens is 2. The summed E-state index contributed by atoms with van der Waals surface area (Å²) >= 11 is 7.97. The molecule has 5 nitrogen and oxygen atoms in total. The first-order valence-corrected chi connectivity index (χ1v) is 12.1. The minimum Gasteiger partial charge on any atom is -0.465 e. The lowest BCUT2D eigenvalue weighted by molar-refractivity contribution is -0.122. The quantitative estimate of drug-likeness (QED) is 0.252. The Balaban J connectivity index is 1.60. The maximum Gasteiger partial charge on any atom is 0.337 e. The molecule has 0 N–H and O–H groups in total. The fourth-order valence-corrected chi connectivity index (χ4v) is 8.11. The van der Waals surface area contributed by atoms with Crippen molar-refractivity contribution in [2.75, 3.05) is 12.0 Å². The smallest absolute Gasteiger partial charge is 0.337 e. The maximum absolute atomic E-state index is 14.0. The minimum atomic E-state index is -0.845. The molecule has 2 atom stereocenters. The maximum atomic E-state index is 14.0. The van der Waals surface area contributed by atoms with E-state index in [0.29, 0.717) is 5.69 Å². The van der Waals surface area contributed by atoms with Crippen molar-refractivity contribution in [3.05, 3.63) is 101 Å². The summed E-state index contributed by atoms with van der Waals surface area (Å²) in [6.07, 6.45) is 0. The van der Waals surface area contributed by atoms with E-state index in [0.717, 1.165) is 22.3 Å². The second kappa shape index (κ2) is 6.87. The lowest BCUT2D eigenvalue weighted by Crippen LogP contribution is -2.56. The van der Waals surface area contributed by atoms with Gasteiger partial charge in [0.25, 0.3) is 0 Å². The molecule has 0 saturated carbocycles. The molecule has 164 valence electrons. The molecule has 3 aromatic rings. The molecule has 33 heavy (non-hydrogen) atoms. The lowest BCUT2D eigenvalue weighted by Gasteiger charge is -2.55. The predicted molar refractivity (Wildman–Crippen MR) is 130 cm³/mol. The number of imide groups is 1. The topological polar surface area (TPSA) is 63.7 Å². The zero-order valence-corrected chi connectivity index (χ0v) is 20.6. The van der Waals surface area contributed by atoms with Crippen molar-refractivity contribution in [2.45, 2.75) is 8.65 Å². The fourth-order valence-electron chi connectivity index (χ4n) is 5.81. The van der Waals surface area contributed by atoms with Gasteiger partial charge in [-0.25, -0.2) is 9.69 Å². The van der Waals surface area contributed by atoms with Crippen molar-refractivity contribution < 1.29 is 19.1 Å². The van der Waals surface area contributed by atoms with E-state index in [2.05, 4.69) is 31.9 Å². The van der Waals surface area contributed by atoms with Gasteiger partial charge in [-0.2, -0.15) is 0 Å². The average Bonchev–Trinajstić information content (AvgIpc) is 3.13. The number of amides is 2. The largest absolute Gasteiger partial charge is 0.465 e. The summed E-state index contributed by atoms with van der Waals surface area (Å²) < 4.78 is 3.13. The van der Waals surface area contributed by atoms with Crippen LogP contribution in [0.5, 0.6) is 0 Å². The molecular weight excluding hydrogens is 550 g/mol. The van der Waals surface area contributed by atoms with Crippen molar-refractivity contribution in [1.82, 2.24) is 0 Å². The third kappa shape index (κ3) is 2.39. The number of hydrogen-bond acceptors (Lipinski definition) is 4. The van der Waals surface area contributed by atoms with Gasteiger partial charge < -0.3 is 4.74 Å². The Morgan fingerprint density at radius 3 is 1.67 bits per heavy atom. The second-order valence-corrected chi connectivity index (χ2v) is 11.0. The first-order chi connectivity index (χ1) is 15.8. The number of nitrogens with zero attached hydrogens (tertiary/aromatic N) is 1. The van der Waals surface area contributed by atoms with Crippen LogP contribution in [0.3, 0.4) is 0 Å². The molecule has 2 bridgehead atoms. The molecule has 0 radical (unpaired) electrons. The summed E-state index contributed by atoms with van der Waals surface area (Å²) in [5.74, 6) is -2.43. The van der Waals surface area contributed by atoms with E-state index in [-0.39, 0.29) is 17.4 Å². The van der Waals surface area contributed by atoms with Crippen LogP contribution in [0.4, 0.5) is 5.69 Å². The first kappa shape index (κ1) is 20.8. The van der Waals surface area contributed by atoms with Crippen LogP contribution < -0.4 is 4.90 Å². The summed E-state index contributed by atoms with van der Waals surface area (Å²) in [5, 5.41) is 0. The van der Waals surface area contributed by atoms with Crippen LogP contribution in [-0.4, -0.2) is 24.9 Å². The van der Waals surface area contributed by atoms with Crippen LogP contribution in [0.2, 0.25) is 0 Å². The van der Waals surface area contributed by atoms with Crippen LogP contribution in [0.1, 0.15) is 32.6 Å². The molecule has 3 aliphatic carbocycles. The Hall–Kier alpha value is -2.77. The Bertz CT molecular complexity index is 1260. The second-order valence-electron chi connectivity index (χ2n) is 8.52. The van der Waals surface area contributed by atoms with E-state index in [4.69, 9.17) is 4.74 Å². The standard InChI is InChI=1S/C26H17Br2NO4/c1-33-24(32)14-7-6-8-15(13-14)29-22(30)20-21(23(29)31)26(28)17-10-3-2-9-16(17)25(20,27)18-11-4-5-12-19(18)26/h2-13,20-21H,1H3/t20-,21-,25?,26?/m0/s1. The van der Waals surface area contributed by atoms with Gasteiger partial charge in [0.15, 0.2) is 0 Å². The summed E-state index contributed by atoms with van der Waals surface area (Å²) in [6.45, 7) is 0. The van der Waals surface area contributed by atoms with Gasteiger partial charge in [-0.15, -0.1) is 0 Å². The van der Waals surface area contributed by atoms with Gasteiger partial charge in [-0.05, 0) is 40.5 Å². The third-order valence-electron chi connectivity index (χ3n) is 7.11. The van der Waals surface area contributed by atoms with Crippen LogP contribution in [0.25, 0.3) is 0 Å². The zero-order valence-electron chi connectivity index (χ0n) is 17.4. The highest BCUT2D eigenvalue weighted by atomic mass is 79.9. The number of methoxy groups -OCH3 is 1. The van der Waals surface area contributed by atoms with E-state index in [1.54, 1.807) is 18.2 Å². The Morgan fingerprint density at radius 1 is 0.788 bits per heavy atom. The molecule has 1 heterocycles. The van der Waals surface area contributed by atoms with E-state index < -0.39 is 26.5 Å². The number of benzene rings is 3. The van der Waals surface area contributed by atoms with Crippen molar-refractivity contribution in [3.8, 4) is 0 Å². The number of rotatable bonds is 2. The van der Waals surface area contributed by atoms with Gasteiger partial charge in [-0.3, -0.25) is 9.59 Å². The van der Waals surface area contributed by atoms with Crippen molar-refractivity contribution in [1.29, 1.82) is 0 Å². The molecular formula is C26H17Br2NO4. The van der Waals surface area contributed by atoms with Gasteiger partial charge in [0, 0.05) is 0 Å². The van der Waals surface area contributed by atoms with E-state index >= 15 is 0 Å². The lowest BCUT2D eigenvalue weighted by atomic mass is 9.54. The van der Waals surface area contributed by atoms with E-state index in [1.165, 1.54) is 18.1 Å². The molecule has 1 saturated heterocycles. The van der Waals surface area contributed by atoms with Crippen molar-refractivity contribution in [2.24, 2.45) is 11.8 Å². The van der Waals surface area contributed by atoms with Gasteiger partial charge >= 0.3 is 5.97 Å². The highest BCUT2D eigenvalue weighted by molar-refractivity contribution is 9.10. The predicted octanol–water partition coefficient (Wildman–Crippen LogP) is 4.88. The first-order valence-electron chi connectivity index (χ1n) is 10.5. The monoisotopic (exact) mass is 565 g/mol. The molecule has 3 aromatic carbocycles. The van der Waals surface area contributed by atoms with Gasteiger partial charge in [0.1, 0.15) is 0 Å². The number of ether oxygens (including phenoxy) is 1. The SMILES string of the molecule is COC(=O)c1cccc(N2C(=O)[C@@H]3[C@@H](C2=O)C2(Br)c4ccccc4C3(Br)c3ccccc32)c1. The van der Waals surface area contributed by atoms with Crippen molar-refractivity contribution in [3.63, 3.8) is 0 Å².